The molecule has 1 heterocycles. The molecular weight excluding hydrogens is 422 g/mol. The van der Waals surface area contributed by atoms with Crippen molar-refractivity contribution in [2.75, 3.05) is 6.54 Å². The van der Waals surface area contributed by atoms with Gasteiger partial charge in [0.05, 0.1) is 6.04 Å². The zero-order valence-corrected chi connectivity index (χ0v) is 17.7. The highest BCUT2D eigenvalue weighted by atomic mass is 35.5. The molecule has 28 heavy (non-hydrogen) atoms. The molecule has 9 heteroatoms. The fourth-order valence-corrected chi connectivity index (χ4v) is 5.45. The molecule has 0 radical (unpaired) electrons. The Morgan fingerprint density at radius 2 is 1.54 bits per heavy atom. The van der Waals surface area contributed by atoms with Gasteiger partial charge >= 0.3 is 7.60 Å². The van der Waals surface area contributed by atoms with Gasteiger partial charge in [-0.1, -0.05) is 23.2 Å². The van der Waals surface area contributed by atoms with E-state index in [1.165, 1.54) is 4.90 Å². The third-order valence-electron chi connectivity index (χ3n) is 4.35. The van der Waals surface area contributed by atoms with E-state index < -0.39 is 19.4 Å². The van der Waals surface area contributed by atoms with E-state index in [1.54, 1.807) is 55.5 Å². The number of carbonyl (C=O) groups is 1. The van der Waals surface area contributed by atoms with Gasteiger partial charge in [-0.3, -0.25) is 4.79 Å². The van der Waals surface area contributed by atoms with Crippen LogP contribution in [0.25, 0.3) is 0 Å². The first-order valence-corrected chi connectivity index (χ1v) is 11.2. The monoisotopic (exact) mass is 442 g/mol. The molecule has 0 saturated carbocycles. The Labute approximate surface area is 174 Å². The van der Waals surface area contributed by atoms with Crippen LogP contribution in [0.4, 0.5) is 0 Å². The summed E-state index contributed by atoms with van der Waals surface area (Å²) in [4.78, 5) is 14.0. The number of carbonyl (C=O) groups excluding carboxylic acids is 1. The molecule has 2 atom stereocenters. The second-order valence-electron chi connectivity index (χ2n) is 6.57. The third-order valence-corrected chi connectivity index (χ3v) is 7.05. The van der Waals surface area contributed by atoms with Crippen LogP contribution in [0, 0.1) is 0 Å². The number of benzene rings is 2. The Bertz CT molecular complexity index is 823. The highest BCUT2D eigenvalue weighted by molar-refractivity contribution is 7.55. The van der Waals surface area contributed by atoms with Crippen LogP contribution in [0.1, 0.15) is 19.8 Å². The normalized spacial score (nSPS) is 18.0. The van der Waals surface area contributed by atoms with Crippen molar-refractivity contribution in [2.45, 2.75) is 31.6 Å². The Balaban J connectivity index is 1.95. The lowest BCUT2D eigenvalue weighted by atomic mass is 10.3. The zero-order chi connectivity index (χ0) is 20.3. The van der Waals surface area contributed by atoms with E-state index in [4.69, 9.17) is 38.0 Å². The van der Waals surface area contributed by atoms with Crippen LogP contribution in [-0.2, 0) is 9.36 Å². The van der Waals surface area contributed by atoms with Gasteiger partial charge < -0.3 is 19.7 Å². The van der Waals surface area contributed by atoms with Crippen molar-refractivity contribution in [3.8, 4) is 11.5 Å². The molecule has 1 unspecified atom stereocenters. The van der Waals surface area contributed by atoms with Crippen molar-refractivity contribution in [2.24, 2.45) is 5.73 Å². The lowest BCUT2D eigenvalue weighted by Gasteiger charge is -2.31. The summed E-state index contributed by atoms with van der Waals surface area (Å²) in [5.74, 6) is -0.358. The molecule has 1 aliphatic heterocycles. The Morgan fingerprint density at radius 1 is 1.07 bits per heavy atom. The molecule has 6 nitrogen and oxygen atoms in total. The topological polar surface area (TPSA) is 81.9 Å². The number of hydrogen-bond donors (Lipinski definition) is 1. The minimum Gasteiger partial charge on any atom is -0.415 e. The van der Waals surface area contributed by atoms with Gasteiger partial charge in [-0.25, -0.2) is 4.57 Å². The molecule has 1 fully saturated rings. The number of rotatable bonds is 6. The highest BCUT2D eigenvalue weighted by Gasteiger charge is 2.48. The van der Waals surface area contributed by atoms with E-state index in [0.29, 0.717) is 40.9 Å². The van der Waals surface area contributed by atoms with Crippen molar-refractivity contribution >= 4 is 36.7 Å². The molecule has 1 aliphatic rings. The first-order chi connectivity index (χ1) is 13.3. The molecule has 2 aromatic carbocycles. The zero-order valence-electron chi connectivity index (χ0n) is 15.3. The van der Waals surface area contributed by atoms with Crippen LogP contribution in [0.15, 0.2) is 48.5 Å². The lowest BCUT2D eigenvalue weighted by molar-refractivity contribution is -0.132. The van der Waals surface area contributed by atoms with Gasteiger partial charge in [0.15, 0.2) is 5.78 Å². The molecule has 2 N–H and O–H groups in total. The maximum absolute atomic E-state index is 13.9. The van der Waals surface area contributed by atoms with E-state index in [-0.39, 0.29) is 5.91 Å². The summed E-state index contributed by atoms with van der Waals surface area (Å²) < 4.78 is 25.6. The minimum absolute atomic E-state index is 0.290. The Kier molecular flexibility index (Phi) is 6.56. The second kappa shape index (κ2) is 8.75. The van der Waals surface area contributed by atoms with E-state index in [2.05, 4.69) is 0 Å². The number of nitrogens with two attached hydrogens (primary N) is 1. The van der Waals surface area contributed by atoms with Crippen LogP contribution in [0.5, 0.6) is 11.5 Å². The SMILES string of the molecule is C[C@H](N)C(=O)N1CCCC1P(=O)(Oc1ccc(Cl)cc1)Oc1ccc(Cl)cc1. The van der Waals surface area contributed by atoms with E-state index >= 15 is 0 Å². The van der Waals surface area contributed by atoms with E-state index in [9.17, 15) is 9.36 Å². The summed E-state index contributed by atoms with van der Waals surface area (Å²) in [7, 11) is -3.83. The predicted molar refractivity (Wildman–Crippen MR) is 110 cm³/mol. The van der Waals surface area contributed by atoms with Gasteiger partial charge in [-0.15, -0.1) is 0 Å². The van der Waals surface area contributed by atoms with Crippen LogP contribution >= 0.6 is 30.8 Å². The Morgan fingerprint density at radius 3 is 1.96 bits per heavy atom. The van der Waals surface area contributed by atoms with Crippen LogP contribution in [0.2, 0.25) is 10.0 Å². The Hall–Kier alpha value is -1.72. The van der Waals surface area contributed by atoms with Crippen molar-refractivity contribution < 1.29 is 18.4 Å². The van der Waals surface area contributed by atoms with Gasteiger partial charge in [-0.2, -0.15) is 0 Å². The average molecular weight is 443 g/mol. The first kappa shape index (κ1) is 21.0. The fourth-order valence-electron chi connectivity index (χ4n) is 3.02. The van der Waals surface area contributed by atoms with Gasteiger partial charge in [0.1, 0.15) is 11.5 Å². The highest BCUT2D eigenvalue weighted by Crippen LogP contribution is 2.57. The predicted octanol–water partition coefficient (Wildman–Crippen LogP) is 4.94. The van der Waals surface area contributed by atoms with Crippen LogP contribution in [-0.4, -0.2) is 29.2 Å². The lowest BCUT2D eigenvalue weighted by Crippen LogP contribution is -2.45. The largest absolute Gasteiger partial charge is 0.453 e. The standard InChI is InChI=1S/C19H21Cl2N2O4P/c1-13(22)19(24)23-12-2-3-18(23)28(25,26-16-8-4-14(20)5-9-16)27-17-10-6-15(21)7-11-17/h4-11,13,18H,2-3,12,22H2,1H3/t13-,18?/m0/s1. The molecule has 0 spiro atoms. The summed E-state index contributed by atoms with van der Waals surface area (Å²) in [6.45, 7) is 2.05. The average Bonchev–Trinajstić information content (AvgIpc) is 3.15. The van der Waals surface area contributed by atoms with Gasteiger partial charge in [-0.05, 0) is 68.3 Å². The number of hydrogen-bond acceptors (Lipinski definition) is 5. The van der Waals surface area contributed by atoms with Crippen molar-refractivity contribution in [1.82, 2.24) is 4.90 Å². The number of halogens is 2. The number of likely N-dealkylation sites (tertiary alicyclic amines) is 1. The molecule has 1 amide bonds. The van der Waals surface area contributed by atoms with Crippen molar-refractivity contribution in [1.29, 1.82) is 0 Å². The summed E-state index contributed by atoms with van der Waals surface area (Å²) >= 11 is 11.8. The maximum Gasteiger partial charge on any atom is 0.453 e. The molecule has 0 aliphatic carbocycles. The molecule has 3 rings (SSSR count). The minimum atomic E-state index is -3.83. The van der Waals surface area contributed by atoms with Crippen LogP contribution < -0.4 is 14.8 Å². The first-order valence-electron chi connectivity index (χ1n) is 8.84. The van der Waals surface area contributed by atoms with Crippen molar-refractivity contribution in [3.63, 3.8) is 0 Å². The number of nitrogens with zero attached hydrogens (tertiary/aromatic N) is 1. The quantitative estimate of drug-likeness (QED) is 0.640. The smallest absolute Gasteiger partial charge is 0.415 e. The van der Waals surface area contributed by atoms with Gasteiger partial charge in [0, 0.05) is 16.6 Å². The van der Waals surface area contributed by atoms with Crippen LogP contribution in [0.3, 0.4) is 0 Å². The molecular formula is C19H21Cl2N2O4P. The van der Waals surface area contributed by atoms with E-state index in [1.807, 2.05) is 0 Å². The summed E-state index contributed by atoms with van der Waals surface area (Å²) in [6, 6.07) is 12.2. The molecule has 2 aromatic rings. The molecule has 0 aromatic heterocycles. The third kappa shape index (κ3) is 4.81. The van der Waals surface area contributed by atoms with E-state index in [0.717, 1.165) is 0 Å². The summed E-state index contributed by atoms with van der Waals surface area (Å²) in [6.07, 6.45) is 1.16. The molecule has 1 saturated heterocycles. The van der Waals surface area contributed by atoms with Gasteiger partial charge in [0.25, 0.3) is 0 Å². The summed E-state index contributed by atoms with van der Waals surface area (Å²) in [5, 5.41) is 1.05. The van der Waals surface area contributed by atoms with Gasteiger partial charge in [0.2, 0.25) is 5.91 Å². The van der Waals surface area contributed by atoms with Crippen molar-refractivity contribution in [3.05, 3.63) is 58.6 Å². The second-order valence-corrected chi connectivity index (χ2v) is 9.49. The maximum atomic E-state index is 13.9. The fraction of sp³-hybridized carbons (Fsp3) is 0.316. The number of amides is 1. The molecule has 150 valence electrons. The molecule has 0 bridgehead atoms. The summed E-state index contributed by atoms with van der Waals surface area (Å²) in [5.41, 5.74) is 5.77.